The average molecular weight is 413 g/mol. The third-order valence-electron chi connectivity index (χ3n) is 4.61. The van der Waals surface area contributed by atoms with Crippen LogP contribution in [0.2, 0.25) is 5.02 Å². The molecule has 0 aliphatic carbocycles. The number of hydrogen-bond donors (Lipinski definition) is 2. The molecule has 9 heteroatoms. The van der Waals surface area contributed by atoms with E-state index >= 15 is 0 Å². The summed E-state index contributed by atoms with van der Waals surface area (Å²) in [6, 6.07) is 7.57. The van der Waals surface area contributed by atoms with Crippen LogP contribution in [0.3, 0.4) is 0 Å². The molecule has 1 aliphatic rings. The van der Waals surface area contributed by atoms with Crippen molar-refractivity contribution in [2.45, 2.75) is 25.9 Å². The van der Waals surface area contributed by atoms with Crippen molar-refractivity contribution >= 4 is 23.5 Å². The number of ether oxygens (including phenoxy) is 1. The summed E-state index contributed by atoms with van der Waals surface area (Å²) < 4.78 is 7.10. The lowest BCUT2D eigenvalue weighted by Gasteiger charge is -2.12. The van der Waals surface area contributed by atoms with Gasteiger partial charge in [0.05, 0.1) is 12.6 Å². The molecule has 0 unspecified atom stereocenters. The molecule has 3 heterocycles. The van der Waals surface area contributed by atoms with Gasteiger partial charge in [-0.05, 0) is 31.0 Å². The maximum absolute atomic E-state index is 12.5. The third-order valence-corrected chi connectivity index (χ3v) is 4.84. The molecule has 1 fully saturated rings. The number of aromatic nitrogens is 4. The smallest absolute Gasteiger partial charge is 0.271 e. The van der Waals surface area contributed by atoms with E-state index in [1.165, 1.54) is 0 Å². The molecule has 2 aromatic heterocycles. The molecule has 1 amide bonds. The van der Waals surface area contributed by atoms with Crippen molar-refractivity contribution in [1.82, 2.24) is 24.8 Å². The Morgan fingerprint density at radius 2 is 2.28 bits per heavy atom. The number of imidazole rings is 1. The van der Waals surface area contributed by atoms with Gasteiger partial charge in [0.1, 0.15) is 17.8 Å². The Balaban J connectivity index is 1.45. The zero-order chi connectivity index (χ0) is 20.2. The van der Waals surface area contributed by atoms with Crippen LogP contribution in [0.5, 0.6) is 0 Å². The number of carbonyl (C=O) groups is 1. The number of carbonyl (C=O) groups excluding carboxylic acids is 1. The predicted octanol–water partition coefficient (Wildman–Crippen LogP) is 2.75. The highest BCUT2D eigenvalue weighted by Crippen LogP contribution is 2.16. The SMILES string of the molecule is Cc1cnc(N[C@@H]2CCOC2)nc1-n1cnc(C(=O)NCc2cccc(Cl)c2)c1. The van der Waals surface area contributed by atoms with Crippen molar-refractivity contribution in [2.24, 2.45) is 0 Å². The minimum atomic E-state index is -0.267. The summed E-state index contributed by atoms with van der Waals surface area (Å²) in [7, 11) is 0. The van der Waals surface area contributed by atoms with E-state index in [1.807, 2.05) is 25.1 Å². The molecule has 2 N–H and O–H groups in total. The molecule has 150 valence electrons. The monoisotopic (exact) mass is 412 g/mol. The maximum Gasteiger partial charge on any atom is 0.271 e. The van der Waals surface area contributed by atoms with E-state index in [1.54, 1.807) is 29.4 Å². The highest BCUT2D eigenvalue weighted by atomic mass is 35.5. The first-order valence-corrected chi connectivity index (χ1v) is 9.71. The number of nitrogens with one attached hydrogen (secondary N) is 2. The number of nitrogens with zero attached hydrogens (tertiary/aromatic N) is 4. The number of amides is 1. The first-order chi connectivity index (χ1) is 14.1. The normalized spacial score (nSPS) is 16.0. The van der Waals surface area contributed by atoms with Gasteiger partial charge in [0, 0.05) is 36.1 Å². The van der Waals surface area contributed by atoms with Gasteiger partial charge in [-0.15, -0.1) is 0 Å². The van der Waals surface area contributed by atoms with E-state index in [-0.39, 0.29) is 11.9 Å². The first kappa shape index (κ1) is 19.4. The molecule has 1 aliphatic heterocycles. The van der Waals surface area contributed by atoms with Crippen LogP contribution < -0.4 is 10.6 Å². The maximum atomic E-state index is 12.5. The molecule has 1 atom stereocenters. The number of halogens is 1. The fraction of sp³-hybridized carbons (Fsp3) is 0.300. The summed E-state index contributed by atoms with van der Waals surface area (Å²) >= 11 is 5.98. The fourth-order valence-electron chi connectivity index (χ4n) is 3.07. The van der Waals surface area contributed by atoms with Crippen molar-refractivity contribution in [1.29, 1.82) is 0 Å². The highest BCUT2D eigenvalue weighted by Gasteiger charge is 2.17. The Bertz CT molecular complexity index is 1020. The van der Waals surface area contributed by atoms with E-state index in [0.29, 0.717) is 35.6 Å². The largest absolute Gasteiger partial charge is 0.379 e. The van der Waals surface area contributed by atoms with Crippen molar-refractivity contribution in [2.75, 3.05) is 18.5 Å². The summed E-state index contributed by atoms with van der Waals surface area (Å²) in [6.07, 6.45) is 5.91. The van der Waals surface area contributed by atoms with Gasteiger partial charge in [-0.3, -0.25) is 9.36 Å². The summed E-state index contributed by atoms with van der Waals surface area (Å²) in [5.74, 6) is 0.932. The fourth-order valence-corrected chi connectivity index (χ4v) is 3.28. The summed E-state index contributed by atoms with van der Waals surface area (Å²) in [6.45, 7) is 3.67. The Hall–Kier alpha value is -2.97. The summed E-state index contributed by atoms with van der Waals surface area (Å²) in [5, 5.41) is 6.76. The minimum Gasteiger partial charge on any atom is -0.379 e. The van der Waals surface area contributed by atoms with E-state index in [0.717, 1.165) is 24.2 Å². The minimum absolute atomic E-state index is 0.209. The molecule has 0 radical (unpaired) electrons. The lowest BCUT2D eigenvalue weighted by Crippen LogP contribution is -2.23. The van der Waals surface area contributed by atoms with E-state index < -0.39 is 0 Å². The van der Waals surface area contributed by atoms with Crippen molar-refractivity contribution in [3.05, 3.63) is 64.8 Å². The van der Waals surface area contributed by atoms with Gasteiger partial charge in [-0.25, -0.2) is 9.97 Å². The van der Waals surface area contributed by atoms with Crippen molar-refractivity contribution in [3.63, 3.8) is 0 Å². The molecule has 8 nitrogen and oxygen atoms in total. The first-order valence-electron chi connectivity index (χ1n) is 9.33. The molecule has 1 saturated heterocycles. The van der Waals surface area contributed by atoms with Gasteiger partial charge < -0.3 is 15.4 Å². The second-order valence-corrected chi connectivity index (χ2v) is 7.32. The highest BCUT2D eigenvalue weighted by molar-refractivity contribution is 6.30. The second-order valence-electron chi connectivity index (χ2n) is 6.88. The number of benzene rings is 1. The van der Waals surface area contributed by atoms with Gasteiger partial charge in [-0.1, -0.05) is 23.7 Å². The molecular weight excluding hydrogens is 392 g/mol. The molecule has 1 aromatic carbocycles. The van der Waals surface area contributed by atoms with Crippen LogP contribution in [0, 0.1) is 6.92 Å². The molecule has 0 bridgehead atoms. The van der Waals surface area contributed by atoms with Crippen LogP contribution in [0.1, 0.15) is 28.0 Å². The zero-order valence-corrected chi connectivity index (χ0v) is 16.7. The molecular formula is C20H21ClN6O2. The van der Waals surface area contributed by atoms with Gasteiger partial charge in [0.2, 0.25) is 5.95 Å². The molecule has 0 spiro atoms. The van der Waals surface area contributed by atoms with Gasteiger partial charge >= 0.3 is 0 Å². The predicted molar refractivity (Wildman–Crippen MR) is 109 cm³/mol. The van der Waals surface area contributed by atoms with E-state index in [4.69, 9.17) is 16.3 Å². The van der Waals surface area contributed by atoms with Crippen LogP contribution in [-0.2, 0) is 11.3 Å². The topological polar surface area (TPSA) is 94.0 Å². The Morgan fingerprint density at radius 3 is 3.07 bits per heavy atom. The number of aryl methyl sites for hydroxylation is 1. The Morgan fingerprint density at radius 1 is 1.38 bits per heavy atom. The van der Waals surface area contributed by atoms with Gasteiger partial charge in [0.25, 0.3) is 5.91 Å². The van der Waals surface area contributed by atoms with Crippen LogP contribution >= 0.6 is 11.6 Å². The number of hydrogen-bond acceptors (Lipinski definition) is 6. The van der Waals surface area contributed by atoms with Gasteiger partial charge in [0.15, 0.2) is 0 Å². The van der Waals surface area contributed by atoms with Crippen LogP contribution in [-0.4, -0.2) is 44.7 Å². The van der Waals surface area contributed by atoms with Crippen LogP contribution in [0.15, 0.2) is 43.0 Å². The molecule has 4 rings (SSSR count). The summed E-state index contributed by atoms with van der Waals surface area (Å²) in [5.41, 5.74) is 2.11. The standard InChI is InChI=1S/C20H21ClN6O2/c1-13-8-23-20(25-16-5-6-29-11-16)26-18(13)27-10-17(24-12-27)19(28)22-9-14-3-2-4-15(21)7-14/h2-4,7-8,10,12,16H,5-6,9,11H2,1H3,(H,22,28)(H,23,25,26)/t16-/m1/s1. The van der Waals surface area contributed by atoms with Crippen LogP contribution in [0.25, 0.3) is 5.82 Å². The quantitative estimate of drug-likeness (QED) is 0.646. The van der Waals surface area contributed by atoms with Crippen LogP contribution in [0.4, 0.5) is 5.95 Å². The third kappa shape index (κ3) is 4.72. The number of rotatable bonds is 6. The second kappa shape index (κ2) is 8.59. The average Bonchev–Trinajstić information content (AvgIpc) is 3.40. The Kier molecular flexibility index (Phi) is 5.73. The summed E-state index contributed by atoms with van der Waals surface area (Å²) in [4.78, 5) is 25.6. The lowest BCUT2D eigenvalue weighted by atomic mass is 10.2. The lowest BCUT2D eigenvalue weighted by molar-refractivity contribution is 0.0946. The van der Waals surface area contributed by atoms with E-state index in [9.17, 15) is 4.79 Å². The zero-order valence-electron chi connectivity index (χ0n) is 15.9. The number of anilines is 1. The molecule has 3 aromatic rings. The molecule has 29 heavy (non-hydrogen) atoms. The Labute approximate surface area is 173 Å². The van der Waals surface area contributed by atoms with Crippen molar-refractivity contribution in [3.8, 4) is 5.82 Å². The van der Waals surface area contributed by atoms with Crippen molar-refractivity contribution < 1.29 is 9.53 Å². The van der Waals surface area contributed by atoms with E-state index in [2.05, 4.69) is 25.6 Å². The van der Waals surface area contributed by atoms with Gasteiger partial charge in [-0.2, -0.15) is 4.98 Å². The molecule has 0 saturated carbocycles.